The largest absolute Gasteiger partial charge is 0.356 e. The first kappa shape index (κ1) is 14.3. The van der Waals surface area contributed by atoms with Crippen molar-refractivity contribution in [2.75, 3.05) is 13.1 Å². The molecule has 0 aromatic rings. The molecule has 0 spiro atoms. The van der Waals surface area contributed by atoms with Gasteiger partial charge in [0.05, 0.1) is 0 Å². The van der Waals surface area contributed by atoms with Gasteiger partial charge in [-0.3, -0.25) is 4.99 Å². The third-order valence-corrected chi connectivity index (χ3v) is 3.26. The van der Waals surface area contributed by atoms with E-state index in [1.165, 1.54) is 38.5 Å². The van der Waals surface area contributed by atoms with Crippen molar-refractivity contribution in [3.05, 3.63) is 0 Å². The van der Waals surface area contributed by atoms with Crippen molar-refractivity contribution in [1.29, 1.82) is 0 Å². The van der Waals surface area contributed by atoms with E-state index >= 15 is 0 Å². The van der Waals surface area contributed by atoms with Crippen molar-refractivity contribution < 1.29 is 0 Å². The topological polar surface area (TPSA) is 36.4 Å². The predicted molar refractivity (Wildman–Crippen MR) is 75.5 cm³/mol. The Bertz CT molecular complexity index is 234. The van der Waals surface area contributed by atoms with Gasteiger partial charge in [-0.05, 0) is 26.7 Å². The predicted octanol–water partition coefficient (Wildman–Crippen LogP) is 3.06. The number of nitrogens with zero attached hydrogens (tertiary/aromatic N) is 1. The molecule has 0 bridgehead atoms. The van der Waals surface area contributed by atoms with Crippen molar-refractivity contribution in [2.45, 2.75) is 71.3 Å². The molecule has 1 aliphatic heterocycles. The molecule has 1 aliphatic rings. The summed E-state index contributed by atoms with van der Waals surface area (Å²) in [5.74, 6) is 0.995. The van der Waals surface area contributed by atoms with E-state index in [0.717, 1.165) is 25.5 Å². The number of nitrogens with one attached hydrogen (secondary N) is 2. The first-order valence-electron chi connectivity index (χ1n) is 7.20. The van der Waals surface area contributed by atoms with Gasteiger partial charge in [-0.25, -0.2) is 0 Å². The van der Waals surface area contributed by atoms with Gasteiger partial charge in [-0.2, -0.15) is 0 Å². The third-order valence-electron chi connectivity index (χ3n) is 3.26. The summed E-state index contributed by atoms with van der Waals surface area (Å²) in [5.41, 5.74) is 0.162. The molecule has 3 nitrogen and oxygen atoms in total. The summed E-state index contributed by atoms with van der Waals surface area (Å²) in [6, 6.07) is 0. The van der Waals surface area contributed by atoms with E-state index in [2.05, 4.69) is 36.4 Å². The van der Waals surface area contributed by atoms with Crippen molar-refractivity contribution >= 4 is 5.96 Å². The molecule has 0 atom stereocenters. The molecule has 100 valence electrons. The van der Waals surface area contributed by atoms with Crippen LogP contribution >= 0.6 is 0 Å². The van der Waals surface area contributed by atoms with E-state index in [9.17, 15) is 0 Å². The second-order valence-electron chi connectivity index (χ2n) is 5.68. The van der Waals surface area contributed by atoms with Crippen LogP contribution in [0.15, 0.2) is 4.99 Å². The van der Waals surface area contributed by atoms with Crippen LogP contribution in [0.2, 0.25) is 0 Å². The van der Waals surface area contributed by atoms with Crippen LogP contribution in [-0.2, 0) is 0 Å². The molecule has 1 heterocycles. The Morgan fingerprint density at radius 1 is 1.24 bits per heavy atom. The Balaban J connectivity index is 2.18. The lowest BCUT2D eigenvalue weighted by Crippen LogP contribution is -2.50. The summed E-state index contributed by atoms with van der Waals surface area (Å²) >= 11 is 0. The van der Waals surface area contributed by atoms with Crippen molar-refractivity contribution in [3.63, 3.8) is 0 Å². The van der Waals surface area contributed by atoms with Crippen molar-refractivity contribution in [1.82, 2.24) is 10.6 Å². The molecule has 1 rings (SSSR count). The summed E-state index contributed by atoms with van der Waals surface area (Å²) in [6.45, 7) is 8.82. The van der Waals surface area contributed by atoms with Gasteiger partial charge < -0.3 is 10.6 Å². The minimum Gasteiger partial charge on any atom is -0.356 e. The Kier molecular flexibility index (Phi) is 6.38. The van der Waals surface area contributed by atoms with Crippen LogP contribution in [0.25, 0.3) is 0 Å². The summed E-state index contributed by atoms with van der Waals surface area (Å²) in [5, 5.41) is 6.85. The number of hydrogen-bond acceptors (Lipinski definition) is 3. The molecule has 0 amide bonds. The molecule has 0 saturated heterocycles. The van der Waals surface area contributed by atoms with Gasteiger partial charge in [-0.15, -0.1) is 0 Å². The minimum absolute atomic E-state index is 0.162. The Hall–Kier alpha value is -0.730. The lowest BCUT2D eigenvalue weighted by molar-refractivity contribution is 0.394. The highest BCUT2D eigenvalue weighted by atomic mass is 15.2. The molecule has 2 N–H and O–H groups in total. The lowest BCUT2D eigenvalue weighted by Gasteiger charge is -2.30. The van der Waals surface area contributed by atoms with Crippen LogP contribution in [0.5, 0.6) is 0 Å². The van der Waals surface area contributed by atoms with Gasteiger partial charge in [0.2, 0.25) is 0 Å². The second-order valence-corrected chi connectivity index (χ2v) is 5.68. The lowest BCUT2D eigenvalue weighted by atomic mass is 9.96. The quantitative estimate of drug-likeness (QED) is 0.670. The Morgan fingerprint density at radius 2 is 2.00 bits per heavy atom. The Labute approximate surface area is 106 Å². The zero-order valence-corrected chi connectivity index (χ0v) is 11.8. The second kappa shape index (κ2) is 7.57. The highest BCUT2D eigenvalue weighted by Crippen LogP contribution is 2.15. The maximum atomic E-state index is 4.47. The van der Waals surface area contributed by atoms with Crippen LogP contribution in [0.1, 0.15) is 65.7 Å². The maximum absolute atomic E-state index is 4.47. The molecule has 0 radical (unpaired) electrons. The first-order valence-corrected chi connectivity index (χ1v) is 7.20. The van der Waals surface area contributed by atoms with E-state index in [1.54, 1.807) is 0 Å². The van der Waals surface area contributed by atoms with E-state index in [-0.39, 0.29) is 5.54 Å². The molecule has 0 unspecified atom stereocenters. The molecule has 0 saturated carbocycles. The van der Waals surface area contributed by atoms with Crippen LogP contribution in [-0.4, -0.2) is 24.6 Å². The maximum Gasteiger partial charge on any atom is 0.191 e. The molecule has 0 fully saturated rings. The van der Waals surface area contributed by atoms with Gasteiger partial charge in [0.25, 0.3) is 0 Å². The number of aliphatic imine (C=N–C) groups is 1. The Morgan fingerprint density at radius 3 is 2.65 bits per heavy atom. The molecule has 3 heteroatoms. The van der Waals surface area contributed by atoms with Gasteiger partial charge in [0.1, 0.15) is 0 Å². The molecule has 17 heavy (non-hydrogen) atoms. The zero-order chi connectivity index (χ0) is 12.6. The number of guanidine groups is 1. The van der Waals surface area contributed by atoms with E-state index < -0.39 is 0 Å². The van der Waals surface area contributed by atoms with Crippen LogP contribution in [0, 0.1) is 0 Å². The van der Waals surface area contributed by atoms with Gasteiger partial charge in [-0.1, -0.05) is 39.0 Å². The van der Waals surface area contributed by atoms with Crippen LogP contribution in [0.3, 0.4) is 0 Å². The van der Waals surface area contributed by atoms with E-state index in [1.807, 2.05) is 0 Å². The normalized spacial score (nSPS) is 16.3. The molecule has 0 aliphatic carbocycles. The fourth-order valence-corrected chi connectivity index (χ4v) is 2.17. The first-order chi connectivity index (χ1) is 8.14. The summed E-state index contributed by atoms with van der Waals surface area (Å²) in [6.07, 6.45) is 9.13. The van der Waals surface area contributed by atoms with Gasteiger partial charge in [0, 0.05) is 18.6 Å². The number of hydrogen-bond donors (Lipinski definition) is 2. The summed E-state index contributed by atoms with van der Waals surface area (Å²) in [7, 11) is 0. The molecular weight excluding hydrogens is 210 g/mol. The fraction of sp³-hybridized carbons (Fsp3) is 0.929. The number of unbranched alkanes of at least 4 members (excludes halogenated alkanes) is 4. The average Bonchev–Trinajstić information content (AvgIpc) is 2.29. The summed E-state index contributed by atoms with van der Waals surface area (Å²) < 4.78 is 0. The van der Waals surface area contributed by atoms with Crippen molar-refractivity contribution in [3.8, 4) is 0 Å². The van der Waals surface area contributed by atoms with Crippen LogP contribution in [0.4, 0.5) is 0 Å². The SMILES string of the molecule is CCCCCCCC(C)(C)NC1=NCCCN1. The summed E-state index contributed by atoms with van der Waals surface area (Å²) in [4.78, 5) is 4.47. The smallest absolute Gasteiger partial charge is 0.191 e. The molecular formula is C14H29N3. The standard InChI is InChI=1S/C14H29N3/c1-4-5-6-7-8-10-14(2,3)17-13-15-11-9-12-16-13/h4-12H2,1-3H3,(H2,15,16,17). The molecule has 0 aromatic carbocycles. The van der Waals surface area contributed by atoms with Crippen molar-refractivity contribution in [2.24, 2.45) is 4.99 Å². The minimum atomic E-state index is 0.162. The fourth-order valence-electron chi connectivity index (χ4n) is 2.17. The van der Waals surface area contributed by atoms with E-state index in [4.69, 9.17) is 0 Å². The third kappa shape index (κ3) is 6.54. The highest BCUT2D eigenvalue weighted by Gasteiger charge is 2.19. The monoisotopic (exact) mass is 239 g/mol. The number of rotatable bonds is 7. The highest BCUT2D eigenvalue weighted by molar-refractivity contribution is 5.80. The zero-order valence-electron chi connectivity index (χ0n) is 11.8. The van der Waals surface area contributed by atoms with Gasteiger partial charge >= 0.3 is 0 Å². The average molecular weight is 239 g/mol. The van der Waals surface area contributed by atoms with E-state index in [0.29, 0.717) is 0 Å². The van der Waals surface area contributed by atoms with Crippen LogP contribution < -0.4 is 10.6 Å². The molecule has 0 aromatic heterocycles. The van der Waals surface area contributed by atoms with Gasteiger partial charge in [0.15, 0.2) is 5.96 Å².